The Labute approximate surface area is 216 Å². The minimum atomic E-state index is 0.903. The van der Waals surface area contributed by atoms with Gasteiger partial charge in [-0.05, 0) is 84.2 Å². The summed E-state index contributed by atoms with van der Waals surface area (Å²) in [6.07, 6.45) is 9.70. The lowest BCUT2D eigenvalue weighted by Gasteiger charge is -2.16. The van der Waals surface area contributed by atoms with Gasteiger partial charge in [-0.15, -0.1) is 5.73 Å². The molecule has 0 saturated carbocycles. The first kappa shape index (κ1) is 24.3. The van der Waals surface area contributed by atoms with Crippen LogP contribution in [0.3, 0.4) is 0 Å². The number of hydrogen-bond acceptors (Lipinski definition) is 0. The van der Waals surface area contributed by atoms with E-state index in [1.165, 1.54) is 21.8 Å². The van der Waals surface area contributed by atoms with E-state index in [4.69, 9.17) is 0 Å². The summed E-state index contributed by atoms with van der Waals surface area (Å²) >= 11 is 3.76. The quantitative estimate of drug-likeness (QED) is 0.169. The molecule has 3 aromatic carbocycles. The number of halogens is 1. The molecule has 0 bridgehead atoms. The van der Waals surface area contributed by atoms with Crippen molar-refractivity contribution in [3.05, 3.63) is 149 Å². The zero-order valence-electron chi connectivity index (χ0n) is 20.2. The van der Waals surface area contributed by atoms with Gasteiger partial charge in [-0.3, -0.25) is 0 Å². The summed E-state index contributed by atoms with van der Waals surface area (Å²) in [5.41, 5.74) is 11.4. The van der Waals surface area contributed by atoms with E-state index in [1.54, 1.807) is 6.08 Å². The van der Waals surface area contributed by atoms with Crippen LogP contribution in [0.15, 0.2) is 144 Å². The maximum absolute atomic E-state index is 4.39. The van der Waals surface area contributed by atoms with E-state index in [2.05, 4.69) is 120 Å². The largest absolute Gasteiger partial charge is 0.309 e. The minimum absolute atomic E-state index is 0.903. The molecular formula is C33H28BrN. The van der Waals surface area contributed by atoms with Crippen molar-refractivity contribution in [1.82, 2.24) is 4.57 Å². The average molecular weight is 518 g/mol. The van der Waals surface area contributed by atoms with Gasteiger partial charge in [-0.2, -0.15) is 0 Å². The number of nitrogens with zero attached hydrogens (tertiary/aromatic N) is 1. The first-order valence-electron chi connectivity index (χ1n) is 11.5. The topological polar surface area (TPSA) is 4.93 Å². The van der Waals surface area contributed by atoms with Gasteiger partial charge < -0.3 is 4.57 Å². The van der Waals surface area contributed by atoms with E-state index < -0.39 is 0 Å². The Morgan fingerprint density at radius 2 is 1.60 bits per heavy atom. The predicted molar refractivity (Wildman–Crippen MR) is 157 cm³/mol. The fourth-order valence-electron chi connectivity index (χ4n) is 4.52. The number of hydrogen-bond donors (Lipinski definition) is 0. The van der Waals surface area contributed by atoms with E-state index in [9.17, 15) is 0 Å². The van der Waals surface area contributed by atoms with Crippen LogP contribution in [0.1, 0.15) is 19.4 Å². The van der Waals surface area contributed by atoms with Crippen molar-refractivity contribution in [1.29, 1.82) is 0 Å². The monoisotopic (exact) mass is 517 g/mol. The molecule has 35 heavy (non-hydrogen) atoms. The van der Waals surface area contributed by atoms with Crippen molar-refractivity contribution in [2.75, 3.05) is 0 Å². The molecule has 0 aliphatic rings. The molecule has 0 unspecified atom stereocenters. The van der Waals surface area contributed by atoms with Gasteiger partial charge in [0.2, 0.25) is 0 Å². The highest BCUT2D eigenvalue weighted by Gasteiger charge is 2.14. The maximum Gasteiger partial charge on any atom is 0.0541 e. The van der Waals surface area contributed by atoms with Gasteiger partial charge in [0.15, 0.2) is 0 Å². The zero-order valence-corrected chi connectivity index (χ0v) is 21.8. The zero-order chi connectivity index (χ0) is 24.9. The highest BCUT2D eigenvalue weighted by Crippen LogP contribution is 2.35. The number of para-hydroxylation sites is 2. The molecule has 0 atom stereocenters. The molecule has 0 spiro atoms. The summed E-state index contributed by atoms with van der Waals surface area (Å²) < 4.78 is 3.34. The first-order chi connectivity index (χ1) is 17.0. The molecule has 1 aromatic heterocycles. The number of rotatable bonds is 7. The Hall–Kier alpha value is -3.84. The second-order valence-electron chi connectivity index (χ2n) is 8.28. The third kappa shape index (κ3) is 4.72. The van der Waals surface area contributed by atoms with Crippen molar-refractivity contribution < 1.29 is 0 Å². The second kappa shape index (κ2) is 10.6. The van der Waals surface area contributed by atoms with Crippen LogP contribution in [0.2, 0.25) is 0 Å². The molecule has 0 aliphatic heterocycles. The maximum atomic E-state index is 4.39. The molecule has 0 radical (unpaired) electrons. The summed E-state index contributed by atoms with van der Waals surface area (Å²) in [5.74, 6) is 0. The van der Waals surface area contributed by atoms with Gasteiger partial charge in [-0.1, -0.05) is 90.3 Å². The van der Waals surface area contributed by atoms with E-state index in [1.807, 2.05) is 31.2 Å². The average Bonchev–Trinajstić information content (AvgIpc) is 3.21. The molecule has 2 heteroatoms. The van der Waals surface area contributed by atoms with Crippen molar-refractivity contribution in [3.63, 3.8) is 0 Å². The van der Waals surface area contributed by atoms with Crippen molar-refractivity contribution in [3.8, 4) is 5.69 Å². The number of benzene rings is 3. The molecule has 4 aromatic rings. The Bertz CT molecular complexity index is 1540. The van der Waals surface area contributed by atoms with Gasteiger partial charge in [-0.25, -0.2) is 0 Å². The number of aromatic nitrogens is 1. The third-order valence-electron chi connectivity index (χ3n) is 6.16. The number of allylic oxidation sites excluding steroid dienone is 9. The predicted octanol–water partition coefficient (Wildman–Crippen LogP) is 9.91. The molecule has 172 valence electrons. The molecule has 0 saturated heterocycles. The third-order valence-corrected chi connectivity index (χ3v) is 6.62. The van der Waals surface area contributed by atoms with Gasteiger partial charge in [0.25, 0.3) is 0 Å². The van der Waals surface area contributed by atoms with Crippen LogP contribution in [0.4, 0.5) is 0 Å². The molecule has 0 amide bonds. The SMILES string of the molecule is C=C=C/C=C(\C=C/C)C(=C)/C(C=C)=C(\C)c1cc(Br)cc(-n2c3ccccc3c3ccccc32)c1. The lowest BCUT2D eigenvalue weighted by molar-refractivity contribution is 1.17. The smallest absolute Gasteiger partial charge is 0.0541 e. The van der Waals surface area contributed by atoms with Crippen LogP contribution in [-0.4, -0.2) is 4.57 Å². The Morgan fingerprint density at radius 3 is 2.17 bits per heavy atom. The normalized spacial score (nSPS) is 12.6. The fourth-order valence-corrected chi connectivity index (χ4v) is 5.00. The molecule has 0 N–H and O–H groups in total. The minimum Gasteiger partial charge on any atom is -0.309 e. The molecule has 1 nitrogen and oxygen atoms in total. The first-order valence-corrected chi connectivity index (χ1v) is 12.3. The van der Waals surface area contributed by atoms with Crippen molar-refractivity contribution in [2.45, 2.75) is 13.8 Å². The van der Waals surface area contributed by atoms with Crippen LogP contribution < -0.4 is 0 Å². The second-order valence-corrected chi connectivity index (χ2v) is 9.20. The Kier molecular flexibility index (Phi) is 7.36. The highest BCUT2D eigenvalue weighted by molar-refractivity contribution is 9.10. The lowest BCUT2D eigenvalue weighted by atomic mass is 9.91. The van der Waals surface area contributed by atoms with Crippen LogP contribution in [0.5, 0.6) is 0 Å². The van der Waals surface area contributed by atoms with Crippen LogP contribution >= 0.6 is 15.9 Å². The molecule has 0 fully saturated rings. The van der Waals surface area contributed by atoms with Crippen molar-refractivity contribution >= 4 is 43.3 Å². The fraction of sp³-hybridized carbons (Fsp3) is 0.0606. The summed E-state index contributed by atoms with van der Waals surface area (Å²) in [4.78, 5) is 0. The summed E-state index contributed by atoms with van der Waals surface area (Å²) in [6, 6.07) is 23.6. The van der Waals surface area contributed by atoms with E-state index in [0.29, 0.717) is 0 Å². The number of fused-ring (bicyclic) bond motifs is 3. The Balaban J connectivity index is 1.93. The van der Waals surface area contributed by atoms with Gasteiger partial charge >= 0.3 is 0 Å². The summed E-state index contributed by atoms with van der Waals surface area (Å²) in [6.45, 7) is 16.3. The van der Waals surface area contributed by atoms with Crippen LogP contribution in [-0.2, 0) is 0 Å². The standard InChI is InChI=1S/C33H28BrN/c1-6-9-15-25(14-7-2)23(4)29(8-3)24(5)26-20-27(34)22-28(21-26)35-32-18-12-10-16-30(32)31-17-11-13-19-33(31)35/h7-22H,1,3-4H2,2,5H3/b14-7-,25-15+,29-24+. The van der Waals surface area contributed by atoms with E-state index in [0.717, 1.165) is 38.0 Å². The Morgan fingerprint density at radius 1 is 0.971 bits per heavy atom. The lowest BCUT2D eigenvalue weighted by Crippen LogP contribution is -1.97. The summed E-state index contributed by atoms with van der Waals surface area (Å²) in [7, 11) is 0. The molecule has 0 aliphatic carbocycles. The van der Waals surface area contributed by atoms with Gasteiger partial charge in [0.1, 0.15) is 0 Å². The van der Waals surface area contributed by atoms with Crippen LogP contribution in [0, 0.1) is 0 Å². The molecule has 1 heterocycles. The van der Waals surface area contributed by atoms with Crippen LogP contribution in [0.25, 0.3) is 33.1 Å². The molecule has 4 rings (SSSR count). The van der Waals surface area contributed by atoms with Crippen molar-refractivity contribution in [2.24, 2.45) is 0 Å². The highest BCUT2D eigenvalue weighted by atomic mass is 79.9. The van der Waals surface area contributed by atoms with E-state index >= 15 is 0 Å². The molecular weight excluding hydrogens is 490 g/mol. The van der Waals surface area contributed by atoms with E-state index in [-0.39, 0.29) is 0 Å². The van der Waals surface area contributed by atoms with Gasteiger partial charge in [0.05, 0.1) is 11.0 Å². The van der Waals surface area contributed by atoms with Gasteiger partial charge in [0, 0.05) is 20.9 Å². The summed E-state index contributed by atoms with van der Waals surface area (Å²) in [5, 5.41) is 2.49.